The minimum Gasteiger partial charge on any atom is -0.386 e. The normalized spacial score (nSPS) is 20.1. The van der Waals surface area contributed by atoms with Gasteiger partial charge < -0.3 is 5.11 Å². The number of aliphatic hydroxyl groups is 1. The molecule has 0 aromatic carbocycles. The Bertz CT molecular complexity index is 171. The highest BCUT2D eigenvalue weighted by molar-refractivity contribution is 5.86. The second-order valence-corrected chi connectivity index (χ2v) is 3.23. The Balaban J connectivity index is 2.28. The number of hydrogen-bond donors (Lipinski definition) is 1. The van der Waals surface area contributed by atoms with Crippen LogP contribution in [0.2, 0.25) is 0 Å². The summed E-state index contributed by atoms with van der Waals surface area (Å²) in [5.41, 5.74) is 0. The maximum absolute atomic E-state index is 10.6. The zero-order chi connectivity index (χ0) is 8.81. The Hall–Kier alpha value is -0.700. The molecule has 0 aromatic rings. The van der Waals surface area contributed by atoms with E-state index in [0.29, 0.717) is 5.92 Å². The average Bonchev–Trinajstić information content (AvgIpc) is 2.16. The van der Waals surface area contributed by atoms with Crippen molar-refractivity contribution in [1.82, 2.24) is 0 Å². The molecule has 0 bridgehead atoms. The van der Waals surface area contributed by atoms with Crippen LogP contribution in [-0.2, 0) is 4.79 Å². The van der Waals surface area contributed by atoms with Gasteiger partial charge in [0.2, 0.25) is 0 Å². The van der Waals surface area contributed by atoms with Crippen molar-refractivity contribution in [3.05, 3.63) is 0 Å². The molecule has 0 heterocycles. The molecule has 1 aliphatic carbocycles. The predicted molar refractivity (Wildman–Crippen MR) is 47.2 cm³/mol. The van der Waals surface area contributed by atoms with Crippen molar-refractivity contribution >= 4 is 12.1 Å². The maximum atomic E-state index is 10.6. The number of carbonyl (C=O) groups is 1. The van der Waals surface area contributed by atoms with Gasteiger partial charge in [0, 0.05) is 6.21 Å². The topological polar surface area (TPSA) is 49.7 Å². The van der Waals surface area contributed by atoms with E-state index in [4.69, 9.17) is 5.11 Å². The maximum Gasteiger partial charge on any atom is 0.271 e. The zero-order valence-electron chi connectivity index (χ0n) is 7.20. The van der Waals surface area contributed by atoms with Gasteiger partial charge >= 0.3 is 0 Å². The lowest BCUT2D eigenvalue weighted by molar-refractivity contribution is -0.120. The molecule has 1 saturated carbocycles. The van der Waals surface area contributed by atoms with E-state index in [-0.39, 0.29) is 0 Å². The zero-order valence-corrected chi connectivity index (χ0v) is 7.20. The van der Waals surface area contributed by atoms with Crippen LogP contribution in [0.1, 0.15) is 32.1 Å². The molecule has 1 N–H and O–H groups in total. The quantitative estimate of drug-likeness (QED) is 0.630. The fourth-order valence-corrected chi connectivity index (χ4v) is 1.51. The number of carbonyl (C=O) groups excluding carboxylic acids is 1. The van der Waals surface area contributed by atoms with E-state index in [1.165, 1.54) is 19.3 Å². The SMILES string of the molecule is O=C(CO)/N=C/C1CCCCC1. The standard InChI is InChI=1S/C9H15NO2/c11-7-9(12)10-6-8-4-2-1-3-5-8/h6,8,11H,1-5,7H2/b10-6+. The molecular formula is C9H15NO2. The Morgan fingerprint density at radius 1 is 1.42 bits per heavy atom. The van der Waals surface area contributed by atoms with E-state index < -0.39 is 12.5 Å². The molecule has 0 atom stereocenters. The predicted octanol–water partition coefficient (Wildman–Crippen LogP) is 1.16. The van der Waals surface area contributed by atoms with Crippen molar-refractivity contribution < 1.29 is 9.90 Å². The number of aliphatic hydroxyl groups excluding tert-OH is 1. The van der Waals surface area contributed by atoms with Gasteiger partial charge in [0.1, 0.15) is 6.61 Å². The van der Waals surface area contributed by atoms with Crippen molar-refractivity contribution in [1.29, 1.82) is 0 Å². The second-order valence-electron chi connectivity index (χ2n) is 3.23. The van der Waals surface area contributed by atoms with Crippen LogP contribution in [-0.4, -0.2) is 23.8 Å². The molecule has 3 heteroatoms. The van der Waals surface area contributed by atoms with E-state index in [1.54, 1.807) is 6.21 Å². The molecular weight excluding hydrogens is 154 g/mol. The summed E-state index contributed by atoms with van der Waals surface area (Å²) in [6, 6.07) is 0. The first kappa shape index (κ1) is 9.39. The third-order valence-corrected chi connectivity index (χ3v) is 2.21. The van der Waals surface area contributed by atoms with E-state index in [2.05, 4.69) is 4.99 Å². The fraction of sp³-hybridized carbons (Fsp3) is 0.778. The van der Waals surface area contributed by atoms with Crippen molar-refractivity contribution in [2.45, 2.75) is 32.1 Å². The van der Waals surface area contributed by atoms with Gasteiger partial charge in [-0.3, -0.25) is 4.79 Å². The van der Waals surface area contributed by atoms with Crippen LogP contribution in [0.15, 0.2) is 4.99 Å². The van der Waals surface area contributed by atoms with Crippen molar-refractivity contribution in [3.63, 3.8) is 0 Å². The van der Waals surface area contributed by atoms with Crippen LogP contribution in [0.4, 0.5) is 0 Å². The molecule has 0 saturated heterocycles. The van der Waals surface area contributed by atoms with Crippen LogP contribution in [0.5, 0.6) is 0 Å². The van der Waals surface area contributed by atoms with Gasteiger partial charge in [-0.2, -0.15) is 0 Å². The summed E-state index contributed by atoms with van der Waals surface area (Å²) in [6.07, 6.45) is 7.77. The molecule has 3 nitrogen and oxygen atoms in total. The third kappa shape index (κ3) is 3.13. The fourth-order valence-electron chi connectivity index (χ4n) is 1.51. The van der Waals surface area contributed by atoms with Gasteiger partial charge in [-0.1, -0.05) is 19.3 Å². The minimum atomic E-state index is -0.469. The summed E-state index contributed by atoms with van der Waals surface area (Å²) in [7, 11) is 0. The highest BCUT2D eigenvalue weighted by Crippen LogP contribution is 2.21. The van der Waals surface area contributed by atoms with Crippen molar-refractivity contribution in [3.8, 4) is 0 Å². The number of amides is 1. The molecule has 0 unspecified atom stereocenters. The lowest BCUT2D eigenvalue weighted by Crippen LogP contribution is -2.09. The number of rotatable bonds is 2. The summed E-state index contributed by atoms with van der Waals surface area (Å²) in [5, 5.41) is 8.40. The van der Waals surface area contributed by atoms with Crippen LogP contribution < -0.4 is 0 Å². The van der Waals surface area contributed by atoms with Gasteiger partial charge in [-0.25, -0.2) is 4.99 Å². The first-order chi connectivity index (χ1) is 5.83. The molecule has 1 rings (SSSR count). The number of aliphatic imine (C=N–C) groups is 1. The van der Waals surface area contributed by atoms with Crippen LogP contribution in [0.3, 0.4) is 0 Å². The van der Waals surface area contributed by atoms with Crippen LogP contribution >= 0.6 is 0 Å². The summed E-state index contributed by atoms with van der Waals surface area (Å²) in [6.45, 7) is -0.469. The Morgan fingerprint density at radius 2 is 2.08 bits per heavy atom. The summed E-state index contributed by atoms with van der Waals surface area (Å²) >= 11 is 0. The molecule has 0 aliphatic heterocycles. The lowest BCUT2D eigenvalue weighted by atomic mass is 9.90. The van der Waals surface area contributed by atoms with Gasteiger partial charge in [0.05, 0.1) is 0 Å². The van der Waals surface area contributed by atoms with E-state index in [1.807, 2.05) is 0 Å². The molecule has 0 aromatic heterocycles. The van der Waals surface area contributed by atoms with Crippen LogP contribution in [0.25, 0.3) is 0 Å². The monoisotopic (exact) mass is 169 g/mol. The van der Waals surface area contributed by atoms with Gasteiger partial charge in [-0.05, 0) is 18.8 Å². The van der Waals surface area contributed by atoms with E-state index in [0.717, 1.165) is 12.8 Å². The number of nitrogens with zero attached hydrogens (tertiary/aromatic N) is 1. The summed E-state index contributed by atoms with van der Waals surface area (Å²) < 4.78 is 0. The number of hydrogen-bond acceptors (Lipinski definition) is 2. The molecule has 1 aliphatic rings. The molecule has 1 fully saturated rings. The third-order valence-electron chi connectivity index (χ3n) is 2.21. The van der Waals surface area contributed by atoms with Crippen molar-refractivity contribution in [2.75, 3.05) is 6.61 Å². The van der Waals surface area contributed by atoms with E-state index >= 15 is 0 Å². The first-order valence-corrected chi connectivity index (χ1v) is 4.51. The molecule has 0 spiro atoms. The Kier molecular flexibility index (Phi) is 3.94. The van der Waals surface area contributed by atoms with Crippen molar-refractivity contribution in [2.24, 2.45) is 10.9 Å². The highest BCUT2D eigenvalue weighted by Gasteiger charge is 2.10. The highest BCUT2D eigenvalue weighted by atomic mass is 16.3. The van der Waals surface area contributed by atoms with Crippen LogP contribution in [0, 0.1) is 5.92 Å². The van der Waals surface area contributed by atoms with E-state index in [9.17, 15) is 4.79 Å². The average molecular weight is 169 g/mol. The second kappa shape index (κ2) is 5.04. The van der Waals surface area contributed by atoms with Gasteiger partial charge in [-0.15, -0.1) is 0 Å². The molecule has 0 radical (unpaired) electrons. The lowest BCUT2D eigenvalue weighted by Gasteiger charge is -2.16. The van der Waals surface area contributed by atoms with Gasteiger partial charge in [0.15, 0.2) is 0 Å². The summed E-state index contributed by atoms with van der Waals surface area (Å²) in [5.74, 6) is 0.0369. The smallest absolute Gasteiger partial charge is 0.271 e. The molecule has 68 valence electrons. The van der Waals surface area contributed by atoms with Gasteiger partial charge in [0.25, 0.3) is 5.91 Å². The molecule has 12 heavy (non-hydrogen) atoms. The largest absolute Gasteiger partial charge is 0.386 e. The molecule has 1 amide bonds. The Labute approximate surface area is 72.5 Å². The minimum absolute atomic E-state index is 0.430. The summed E-state index contributed by atoms with van der Waals surface area (Å²) in [4.78, 5) is 14.3. The first-order valence-electron chi connectivity index (χ1n) is 4.51. The Morgan fingerprint density at radius 3 is 2.67 bits per heavy atom.